The van der Waals surface area contributed by atoms with E-state index in [4.69, 9.17) is 19.8 Å². The molecule has 0 saturated heterocycles. The molecule has 2 atom stereocenters. The van der Waals surface area contributed by atoms with Gasteiger partial charge in [0.15, 0.2) is 0 Å². The molecule has 47 heavy (non-hydrogen) atoms. The van der Waals surface area contributed by atoms with E-state index >= 15 is 0 Å². The third kappa shape index (κ3) is 17.2. The van der Waals surface area contributed by atoms with Crippen molar-refractivity contribution in [2.45, 2.75) is 71.9 Å². The van der Waals surface area contributed by atoms with Gasteiger partial charge in [0, 0.05) is 13.1 Å². The lowest BCUT2D eigenvalue weighted by molar-refractivity contribution is -0.123. The summed E-state index contributed by atoms with van der Waals surface area (Å²) in [5, 5.41) is 5.57. The molecule has 0 fully saturated rings. The quantitative estimate of drug-likeness (QED) is 0.133. The van der Waals surface area contributed by atoms with Gasteiger partial charge in [0.05, 0.1) is 36.8 Å². The molecule has 0 radical (unpaired) electrons. The fourth-order valence-electron chi connectivity index (χ4n) is 4.41. The minimum Gasteiger partial charge on any atom is -0.355 e. The molecular weight excluding hydrogens is 645 g/mol. The van der Waals surface area contributed by atoms with Crippen LogP contribution >= 0.6 is 0 Å². The zero-order chi connectivity index (χ0) is 35.1. The normalized spacial score (nSPS) is 13.9. The van der Waals surface area contributed by atoms with E-state index in [9.17, 15) is 26.4 Å². The average Bonchev–Trinajstić information content (AvgIpc) is 3.00. The maximum atomic E-state index is 12.5. The lowest BCUT2D eigenvalue weighted by Gasteiger charge is -2.25. The van der Waals surface area contributed by atoms with Gasteiger partial charge in [0.2, 0.25) is 11.8 Å². The first kappa shape index (κ1) is 40.3. The Bertz CT molecular complexity index is 1360. The Morgan fingerprint density at radius 2 is 1.00 bits per heavy atom. The van der Waals surface area contributed by atoms with E-state index in [1.54, 1.807) is 0 Å². The summed E-state index contributed by atoms with van der Waals surface area (Å²) in [7, 11) is -7.99. The van der Waals surface area contributed by atoms with Crippen molar-refractivity contribution in [2.24, 2.45) is 22.3 Å². The molecule has 2 rings (SSSR count). The van der Waals surface area contributed by atoms with Crippen molar-refractivity contribution in [1.82, 2.24) is 10.6 Å². The van der Waals surface area contributed by atoms with Gasteiger partial charge in [-0.15, -0.1) is 0 Å². The molecule has 2 amide bonds. The summed E-state index contributed by atoms with van der Waals surface area (Å²) >= 11 is 0. The zero-order valence-electron chi connectivity index (χ0n) is 27.9. The molecule has 0 aliphatic heterocycles. The van der Waals surface area contributed by atoms with Gasteiger partial charge in [-0.05, 0) is 54.1 Å². The fraction of sp³-hybridized carbons (Fsp3) is 0.576. The van der Waals surface area contributed by atoms with Crippen molar-refractivity contribution in [3.63, 3.8) is 0 Å². The van der Waals surface area contributed by atoms with Gasteiger partial charge in [-0.25, -0.2) is 0 Å². The van der Waals surface area contributed by atoms with Crippen LogP contribution < -0.4 is 22.1 Å². The van der Waals surface area contributed by atoms with Crippen LogP contribution in [0.1, 0.15) is 58.1 Å². The second-order valence-corrected chi connectivity index (χ2v) is 16.9. The third-order valence-electron chi connectivity index (χ3n) is 7.52. The fourth-order valence-corrected chi connectivity index (χ4v) is 6.82. The highest BCUT2D eigenvalue weighted by Gasteiger charge is 2.26. The smallest absolute Gasteiger partial charge is 0.267 e. The van der Waals surface area contributed by atoms with Crippen LogP contribution in [0.3, 0.4) is 0 Å². The second-order valence-electron chi connectivity index (χ2n) is 13.4. The molecule has 264 valence electrons. The van der Waals surface area contributed by atoms with E-state index in [1.807, 2.05) is 88.4 Å². The van der Waals surface area contributed by atoms with Gasteiger partial charge >= 0.3 is 0 Å². The minimum atomic E-state index is -4.00. The second kappa shape index (κ2) is 18.6. The number of benzene rings is 2. The van der Waals surface area contributed by atoms with Gasteiger partial charge in [-0.3, -0.25) is 18.0 Å². The minimum absolute atomic E-state index is 0.133. The molecule has 14 heteroatoms. The van der Waals surface area contributed by atoms with Gasteiger partial charge in [0.1, 0.15) is 0 Å². The standard InChI is InChI=1S/C33H52N4O8S2/c1-32(2,16-18-36-30(38)28(34)22-26-12-7-5-8-13-26)24-44-46(40,41)20-11-21-47(42,43)45-25-33(3,4)17-19-37-31(39)29(35)23-27-14-9-6-10-15-27/h5-10,12-15,28-29H,11,16-25,34-35H2,1-4H3,(H,36,38)(H,37,39). The summed E-state index contributed by atoms with van der Waals surface area (Å²) in [6.45, 7) is 7.55. The van der Waals surface area contributed by atoms with Crippen molar-refractivity contribution >= 4 is 32.1 Å². The van der Waals surface area contributed by atoms with Crippen LogP contribution in [0.25, 0.3) is 0 Å². The first-order chi connectivity index (χ1) is 21.9. The lowest BCUT2D eigenvalue weighted by Crippen LogP contribution is -2.43. The summed E-state index contributed by atoms with van der Waals surface area (Å²) in [4.78, 5) is 24.7. The average molecular weight is 697 g/mol. The van der Waals surface area contributed by atoms with Crippen molar-refractivity contribution in [3.05, 3.63) is 71.8 Å². The van der Waals surface area contributed by atoms with E-state index in [-0.39, 0.29) is 44.5 Å². The maximum absolute atomic E-state index is 12.5. The highest BCUT2D eigenvalue weighted by atomic mass is 32.2. The predicted molar refractivity (Wildman–Crippen MR) is 183 cm³/mol. The van der Waals surface area contributed by atoms with Crippen LogP contribution in [0, 0.1) is 10.8 Å². The molecule has 2 unspecified atom stereocenters. The molecule has 0 spiro atoms. The number of carbonyl (C=O) groups excluding carboxylic acids is 2. The highest BCUT2D eigenvalue weighted by Crippen LogP contribution is 2.23. The molecule has 0 aromatic heterocycles. The van der Waals surface area contributed by atoms with Gasteiger partial charge in [-0.2, -0.15) is 16.8 Å². The van der Waals surface area contributed by atoms with E-state index in [2.05, 4.69) is 10.6 Å². The number of nitrogens with two attached hydrogens (primary N) is 2. The van der Waals surface area contributed by atoms with Crippen LogP contribution in [0.5, 0.6) is 0 Å². The van der Waals surface area contributed by atoms with Crippen LogP contribution in [0.4, 0.5) is 0 Å². The van der Waals surface area contributed by atoms with Crippen molar-refractivity contribution in [2.75, 3.05) is 37.8 Å². The van der Waals surface area contributed by atoms with Crippen LogP contribution in [-0.4, -0.2) is 78.5 Å². The topological polar surface area (TPSA) is 197 Å². The van der Waals surface area contributed by atoms with E-state index in [0.29, 0.717) is 25.7 Å². The van der Waals surface area contributed by atoms with Gasteiger partial charge < -0.3 is 22.1 Å². The van der Waals surface area contributed by atoms with Crippen molar-refractivity contribution in [3.8, 4) is 0 Å². The summed E-state index contributed by atoms with van der Waals surface area (Å²) in [6.07, 6.45) is 1.49. The molecule has 12 nitrogen and oxygen atoms in total. The number of carbonyl (C=O) groups is 2. The Morgan fingerprint density at radius 3 is 1.34 bits per heavy atom. The summed E-state index contributed by atoms with van der Waals surface area (Å²) in [5.41, 5.74) is 12.7. The Balaban J connectivity index is 1.65. The Labute approximate surface area is 280 Å². The van der Waals surface area contributed by atoms with Gasteiger partial charge in [0.25, 0.3) is 20.2 Å². The molecule has 0 heterocycles. The Morgan fingerprint density at radius 1 is 0.660 bits per heavy atom. The Hall–Kier alpha value is -2.88. The molecule has 6 N–H and O–H groups in total. The monoisotopic (exact) mass is 696 g/mol. The number of rotatable bonds is 22. The maximum Gasteiger partial charge on any atom is 0.267 e. The summed E-state index contributed by atoms with van der Waals surface area (Å²) in [6, 6.07) is 17.5. The summed E-state index contributed by atoms with van der Waals surface area (Å²) in [5.74, 6) is -1.57. The number of hydrogen-bond donors (Lipinski definition) is 4. The van der Waals surface area contributed by atoms with E-state index in [1.165, 1.54) is 0 Å². The molecule has 0 aliphatic carbocycles. The van der Waals surface area contributed by atoms with Crippen molar-refractivity contribution < 1.29 is 34.8 Å². The number of amides is 2. The van der Waals surface area contributed by atoms with E-state index in [0.717, 1.165) is 11.1 Å². The van der Waals surface area contributed by atoms with Crippen molar-refractivity contribution in [1.29, 1.82) is 0 Å². The van der Waals surface area contributed by atoms with Crippen LogP contribution in [0.15, 0.2) is 60.7 Å². The first-order valence-electron chi connectivity index (χ1n) is 15.8. The lowest BCUT2D eigenvalue weighted by atomic mass is 9.90. The molecule has 0 bridgehead atoms. The van der Waals surface area contributed by atoms with Gasteiger partial charge in [-0.1, -0.05) is 88.4 Å². The largest absolute Gasteiger partial charge is 0.355 e. The zero-order valence-corrected chi connectivity index (χ0v) is 29.6. The predicted octanol–water partition coefficient (Wildman–Crippen LogP) is 2.27. The molecule has 2 aromatic rings. The first-order valence-corrected chi connectivity index (χ1v) is 18.9. The highest BCUT2D eigenvalue weighted by molar-refractivity contribution is 7.87. The molecule has 0 saturated carbocycles. The van der Waals surface area contributed by atoms with Crippen LogP contribution in [0.2, 0.25) is 0 Å². The Kier molecular flexibility index (Phi) is 16.0. The SMILES string of the molecule is CC(C)(CCNC(=O)C(N)Cc1ccccc1)COS(=O)(=O)CCCS(=O)(=O)OCC(C)(C)CCNC(=O)C(N)Cc1ccccc1. The molecule has 0 aliphatic rings. The number of hydrogen-bond acceptors (Lipinski definition) is 10. The third-order valence-corrected chi connectivity index (χ3v) is 10.1. The molecule has 2 aromatic carbocycles. The number of nitrogens with one attached hydrogen (secondary N) is 2. The van der Waals surface area contributed by atoms with Crippen LogP contribution in [-0.2, 0) is 51.0 Å². The van der Waals surface area contributed by atoms with E-state index < -0.39 is 54.7 Å². The summed E-state index contributed by atoms with van der Waals surface area (Å²) < 4.78 is 60.2. The molecular formula is C33H52N4O8S2.